The Morgan fingerprint density at radius 3 is 3.05 bits per heavy atom. The minimum Gasteiger partial charge on any atom is -0.478 e. The second-order valence-corrected chi connectivity index (χ2v) is 5.11. The molecule has 0 atom stereocenters. The molecule has 1 aliphatic rings. The molecule has 0 radical (unpaired) electrons. The molecule has 0 saturated heterocycles. The van der Waals surface area contributed by atoms with Gasteiger partial charge in [-0.05, 0) is 18.2 Å². The predicted molar refractivity (Wildman–Crippen MR) is 79.2 cm³/mol. The first-order valence-corrected chi connectivity index (χ1v) is 6.84. The Morgan fingerprint density at radius 2 is 2.24 bits per heavy atom. The van der Waals surface area contributed by atoms with Crippen LogP contribution < -0.4 is 4.90 Å². The molecule has 0 unspecified atom stereocenters. The number of rotatable bonds is 3. The molecule has 7 heteroatoms. The maximum absolute atomic E-state index is 10.7. The molecular weight excluding hydrogens is 292 g/mol. The van der Waals surface area contributed by atoms with Gasteiger partial charge in [-0.25, -0.2) is 4.79 Å². The molecule has 0 aliphatic carbocycles. The number of carboxylic acids is 1. The fraction of sp³-hybridized carbons (Fsp3) is 0.214. The molecule has 21 heavy (non-hydrogen) atoms. The van der Waals surface area contributed by atoms with Crippen LogP contribution >= 0.6 is 11.6 Å². The van der Waals surface area contributed by atoms with E-state index < -0.39 is 5.97 Å². The van der Waals surface area contributed by atoms with E-state index in [1.165, 1.54) is 6.08 Å². The molecule has 1 N–H and O–H groups in total. The number of hydrogen-bond donors (Lipinski definition) is 1. The highest BCUT2D eigenvalue weighted by atomic mass is 35.5. The van der Waals surface area contributed by atoms with Crippen molar-refractivity contribution in [3.05, 3.63) is 47.0 Å². The average molecular weight is 305 g/mol. The summed E-state index contributed by atoms with van der Waals surface area (Å²) in [5.41, 5.74) is 1.60. The predicted octanol–water partition coefficient (Wildman–Crippen LogP) is 2.05. The van der Waals surface area contributed by atoms with Gasteiger partial charge in [-0.15, -0.1) is 10.2 Å². The van der Waals surface area contributed by atoms with Gasteiger partial charge in [0, 0.05) is 35.4 Å². The third-order valence-corrected chi connectivity index (χ3v) is 3.73. The molecule has 1 aromatic carbocycles. The number of nitrogens with zero attached hydrogens (tertiary/aromatic N) is 4. The summed E-state index contributed by atoms with van der Waals surface area (Å²) >= 11 is 6.21. The van der Waals surface area contributed by atoms with Gasteiger partial charge in [-0.1, -0.05) is 17.7 Å². The standard InChI is InChI=1S/C14H13ClN4O2/c15-11-2-1-3-12(10(11)4-5-14(20)21)18-6-7-19-9-16-17-13(19)8-18/h1-5,9H,6-8H2,(H,20,21). The van der Waals surface area contributed by atoms with Crippen LogP contribution in [0, 0.1) is 0 Å². The van der Waals surface area contributed by atoms with Crippen molar-refractivity contribution in [3.63, 3.8) is 0 Å². The smallest absolute Gasteiger partial charge is 0.328 e. The minimum absolute atomic E-state index is 0.525. The van der Waals surface area contributed by atoms with Crippen LogP contribution in [-0.2, 0) is 17.9 Å². The van der Waals surface area contributed by atoms with E-state index in [0.717, 1.165) is 30.7 Å². The van der Waals surface area contributed by atoms with Crippen molar-refractivity contribution in [2.45, 2.75) is 13.1 Å². The van der Waals surface area contributed by atoms with Crippen LogP contribution in [0.5, 0.6) is 0 Å². The Balaban J connectivity index is 1.96. The third kappa shape index (κ3) is 2.75. The highest BCUT2D eigenvalue weighted by Crippen LogP contribution is 2.30. The summed E-state index contributed by atoms with van der Waals surface area (Å²) in [7, 11) is 0. The molecule has 0 saturated carbocycles. The van der Waals surface area contributed by atoms with Gasteiger partial charge < -0.3 is 14.6 Å². The monoisotopic (exact) mass is 304 g/mol. The zero-order chi connectivity index (χ0) is 14.8. The van der Waals surface area contributed by atoms with Crippen molar-refractivity contribution in [1.82, 2.24) is 14.8 Å². The van der Waals surface area contributed by atoms with E-state index in [0.29, 0.717) is 17.1 Å². The zero-order valence-electron chi connectivity index (χ0n) is 11.1. The molecule has 2 aromatic rings. The molecule has 1 aromatic heterocycles. The molecule has 0 fully saturated rings. The Labute approximate surface area is 126 Å². The SMILES string of the molecule is O=C(O)C=Cc1c(Cl)cccc1N1CCn2cnnc2C1. The molecule has 3 rings (SSSR count). The number of halogens is 1. The van der Waals surface area contributed by atoms with Gasteiger partial charge in [0.15, 0.2) is 5.82 Å². The first-order valence-electron chi connectivity index (χ1n) is 6.46. The fourth-order valence-corrected chi connectivity index (χ4v) is 2.63. The highest BCUT2D eigenvalue weighted by Gasteiger charge is 2.20. The second-order valence-electron chi connectivity index (χ2n) is 4.71. The summed E-state index contributed by atoms with van der Waals surface area (Å²) in [6.45, 7) is 2.20. The van der Waals surface area contributed by atoms with E-state index >= 15 is 0 Å². The Hall–Kier alpha value is -2.34. The van der Waals surface area contributed by atoms with Gasteiger partial charge in [0.05, 0.1) is 6.54 Å². The van der Waals surface area contributed by atoms with Crippen molar-refractivity contribution >= 4 is 29.3 Å². The average Bonchev–Trinajstić information content (AvgIpc) is 2.92. The lowest BCUT2D eigenvalue weighted by Crippen LogP contribution is -2.34. The largest absolute Gasteiger partial charge is 0.478 e. The number of carboxylic acid groups (broad SMARTS) is 1. The maximum Gasteiger partial charge on any atom is 0.328 e. The van der Waals surface area contributed by atoms with Crippen LogP contribution in [0.4, 0.5) is 5.69 Å². The molecule has 0 spiro atoms. The lowest BCUT2D eigenvalue weighted by molar-refractivity contribution is -0.131. The maximum atomic E-state index is 10.7. The van der Waals surface area contributed by atoms with Gasteiger partial charge in [-0.3, -0.25) is 0 Å². The number of anilines is 1. The van der Waals surface area contributed by atoms with Crippen LogP contribution in [0.1, 0.15) is 11.4 Å². The summed E-state index contributed by atoms with van der Waals surface area (Å²) in [5, 5.41) is 17.3. The quantitative estimate of drug-likeness (QED) is 0.879. The number of aromatic nitrogens is 3. The van der Waals surface area contributed by atoms with E-state index in [4.69, 9.17) is 16.7 Å². The van der Waals surface area contributed by atoms with Gasteiger partial charge in [0.1, 0.15) is 6.33 Å². The minimum atomic E-state index is -1.00. The third-order valence-electron chi connectivity index (χ3n) is 3.40. The topological polar surface area (TPSA) is 71.2 Å². The van der Waals surface area contributed by atoms with Gasteiger partial charge in [0.2, 0.25) is 0 Å². The van der Waals surface area contributed by atoms with E-state index in [-0.39, 0.29) is 0 Å². The normalized spacial score (nSPS) is 14.4. The number of aliphatic carboxylic acids is 1. The Morgan fingerprint density at radius 1 is 1.38 bits per heavy atom. The first-order chi connectivity index (χ1) is 10.1. The van der Waals surface area contributed by atoms with Gasteiger partial charge in [0.25, 0.3) is 0 Å². The molecular formula is C14H13ClN4O2. The van der Waals surface area contributed by atoms with E-state index in [1.54, 1.807) is 12.4 Å². The molecule has 2 heterocycles. The zero-order valence-corrected chi connectivity index (χ0v) is 11.9. The fourth-order valence-electron chi connectivity index (χ4n) is 2.39. The van der Waals surface area contributed by atoms with Crippen molar-refractivity contribution in [2.24, 2.45) is 0 Å². The number of benzene rings is 1. The molecule has 1 aliphatic heterocycles. The van der Waals surface area contributed by atoms with Crippen LogP contribution in [0.25, 0.3) is 6.08 Å². The van der Waals surface area contributed by atoms with Crippen molar-refractivity contribution in [3.8, 4) is 0 Å². The van der Waals surface area contributed by atoms with Crippen LogP contribution in [0.15, 0.2) is 30.6 Å². The Bertz CT molecular complexity index is 711. The second kappa shape index (κ2) is 5.57. The van der Waals surface area contributed by atoms with Crippen LogP contribution in [-0.4, -0.2) is 32.4 Å². The van der Waals surface area contributed by atoms with E-state index in [2.05, 4.69) is 15.1 Å². The molecule has 6 nitrogen and oxygen atoms in total. The molecule has 0 bridgehead atoms. The van der Waals surface area contributed by atoms with Crippen LogP contribution in [0.3, 0.4) is 0 Å². The number of carbonyl (C=O) groups is 1. The van der Waals surface area contributed by atoms with E-state index in [9.17, 15) is 4.79 Å². The van der Waals surface area contributed by atoms with Crippen molar-refractivity contribution in [2.75, 3.05) is 11.4 Å². The summed E-state index contributed by atoms with van der Waals surface area (Å²) in [5.74, 6) is -0.117. The Kier molecular flexibility index (Phi) is 3.62. The summed E-state index contributed by atoms with van der Waals surface area (Å²) < 4.78 is 2.01. The summed E-state index contributed by atoms with van der Waals surface area (Å²) in [6.07, 6.45) is 4.34. The number of fused-ring (bicyclic) bond motifs is 1. The van der Waals surface area contributed by atoms with Crippen LogP contribution in [0.2, 0.25) is 5.02 Å². The summed E-state index contributed by atoms with van der Waals surface area (Å²) in [4.78, 5) is 12.9. The lowest BCUT2D eigenvalue weighted by Gasteiger charge is -2.30. The molecule has 108 valence electrons. The van der Waals surface area contributed by atoms with E-state index in [1.807, 2.05) is 16.7 Å². The first kappa shape index (κ1) is 13.6. The lowest BCUT2D eigenvalue weighted by atomic mass is 10.1. The van der Waals surface area contributed by atoms with Crippen molar-refractivity contribution in [1.29, 1.82) is 0 Å². The highest BCUT2D eigenvalue weighted by molar-refractivity contribution is 6.32. The van der Waals surface area contributed by atoms with Crippen molar-refractivity contribution < 1.29 is 9.90 Å². The number of hydrogen-bond acceptors (Lipinski definition) is 4. The van der Waals surface area contributed by atoms with Gasteiger partial charge in [-0.2, -0.15) is 0 Å². The molecule has 0 amide bonds. The van der Waals surface area contributed by atoms with Gasteiger partial charge >= 0.3 is 5.97 Å². The summed E-state index contributed by atoms with van der Waals surface area (Å²) in [6, 6.07) is 5.54.